The number of para-hydroxylation sites is 2. The lowest BCUT2D eigenvalue weighted by atomic mass is 9.70. The van der Waals surface area contributed by atoms with E-state index in [4.69, 9.17) is 0 Å². The number of rotatable bonds is 7. The Morgan fingerprint density at radius 3 is 1.41 bits per heavy atom. The van der Waals surface area contributed by atoms with Crippen LogP contribution in [0.4, 0.5) is 34.1 Å². The van der Waals surface area contributed by atoms with E-state index in [0.29, 0.717) is 0 Å². The van der Waals surface area contributed by atoms with Crippen LogP contribution in [0.5, 0.6) is 0 Å². The molecule has 13 rings (SSSR count). The van der Waals surface area contributed by atoms with E-state index in [0.717, 1.165) is 39.8 Å². The van der Waals surface area contributed by atoms with Crippen molar-refractivity contribution >= 4 is 55.9 Å². The Balaban J connectivity index is 0.988. The van der Waals surface area contributed by atoms with Gasteiger partial charge >= 0.3 is 0 Å². The van der Waals surface area contributed by atoms with Gasteiger partial charge < -0.3 is 14.4 Å². The van der Waals surface area contributed by atoms with Crippen molar-refractivity contribution in [3.05, 3.63) is 270 Å². The van der Waals surface area contributed by atoms with Crippen molar-refractivity contribution in [2.75, 3.05) is 9.80 Å². The molecule has 0 aliphatic heterocycles. The summed E-state index contributed by atoms with van der Waals surface area (Å²) in [5.74, 6) is 0. The van der Waals surface area contributed by atoms with Crippen LogP contribution in [0.25, 0.3) is 49.7 Å². The highest BCUT2D eigenvalue weighted by atomic mass is 15.2. The van der Waals surface area contributed by atoms with Gasteiger partial charge in [0.25, 0.3) is 0 Å². The third kappa shape index (κ3) is 5.56. The molecule has 0 unspecified atom stereocenters. The quantitative estimate of drug-likeness (QED) is 0.158. The van der Waals surface area contributed by atoms with Crippen LogP contribution in [0, 0.1) is 13.8 Å². The van der Waals surface area contributed by atoms with E-state index in [1.807, 2.05) is 0 Å². The smallest absolute Gasteiger partial charge is 0.0726 e. The van der Waals surface area contributed by atoms with Crippen LogP contribution in [-0.2, 0) is 5.41 Å². The summed E-state index contributed by atoms with van der Waals surface area (Å²) >= 11 is 0. The zero-order valence-electron chi connectivity index (χ0n) is 36.9. The van der Waals surface area contributed by atoms with Crippen molar-refractivity contribution in [2.24, 2.45) is 0 Å². The zero-order chi connectivity index (χ0) is 43.9. The zero-order valence-corrected chi connectivity index (χ0v) is 36.9. The summed E-state index contributed by atoms with van der Waals surface area (Å²) in [6.45, 7) is 4.31. The van der Waals surface area contributed by atoms with E-state index in [1.54, 1.807) is 0 Å². The minimum Gasteiger partial charge on any atom is -0.310 e. The summed E-state index contributed by atoms with van der Waals surface area (Å²) in [5, 5.41) is 2.45. The predicted molar refractivity (Wildman–Crippen MR) is 276 cm³/mol. The van der Waals surface area contributed by atoms with Crippen molar-refractivity contribution in [1.29, 1.82) is 0 Å². The number of aryl methyl sites for hydroxylation is 2. The molecular formula is C63H45N3. The molecule has 66 heavy (non-hydrogen) atoms. The van der Waals surface area contributed by atoms with E-state index in [2.05, 4.69) is 265 Å². The number of fused-ring (bicyclic) bond motifs is 13. The van der Waals surface area contributed by atoms with Gasteiger partial charge in [-0.15, -0.1) is 0 Å². The Labute approximate surface area is 385 Å². The Morgan fingerprint density at radius 2 is 0.788 bits per heavy atom. The van der Waals surface area contributed by atoms with Crippen LogP contribution >= 0.6 is 0 Å². The third-order valence-corrected chi connectivity index (χ3v) is 14.1. The molecule has 0 saturated heterocycles. The standard InChI is InChI=1S/C63H45N3/c1-42-27-31-45(32-28-42)64(49-39-40-60-54(41-49)52-19-9-13-25-59(52)66(60)44-15-4-3-5-16-44)46-35-37-48(38-36-46)65(47-33-29-43(2)30-34-47)61-26-14-24-58-62(61)53-20-8-12-23-57(53)63(58)55-21-10-6-17-50(55)51-18-7-11-22-56(51)63/h3-41H,1-2H3. The van der Waals surface area contributed by atoms with Gasteiger partial charge in [-0.3, -0.25) is 0 Å². The van der Waals surface area contributed by atoms with Crippen LogP contribution in [0.3, 0.4) is 0 Å². The number of hydrogen-bond acceptors (Lipinski definition) is 2. The first kappa shape index (κ1) is 38.1. The summed E-state index contributed by atoms with van der Waals surface area (Å²) in [6.07, 6.45) is 0. The largest absolute Gasteiger partial charge is 0.310 e. The maximum Gasteiger partial charge on any atom is 0.0726 e. The van der Waals surface area contributed by atoms with E-state index < -0.39 is 5.41 Å². The van der Waals surface area contributed by atoms with Gasteiger partial charge in [0.2, 0.25) is 0 Å². The molecule has 1 spiro atoms. The Hall–Kier alpha value is -8.40. The molecule has 0 N–H and O–H groups in total. The number of benzene rings is 10. The number of nitrogens with zero attached hydrogens (tertiary/aromatic N) is 3. The topological polar surface area (TPSA) is 11.4 Å². The lowest BCUT2D eigenvalue weighted by Crippen LogP contribution is -2.26. The van der Waals surface area contributed by atoms with Crippen LogP contribution in [0.2, 0.25) is 0 Å². The molecule has 1 aromatic heterocycles. The first-order chi connectivity index (χ1) is 32.6. The van der Waals surface area contributed by atoms with E-state index >= 15 is 0 Å². The second kappa shape index (κ2) is 14.8. The Morgan fingerprint density at radius 1 is 0.333 bits per heavy atom. The van der Waals surface area contributed by atoms with Crippen molar-refractivity contribution in [3.8, 4) is 27.9 Å². The summed E-state index contributed by atoms with van der Waals surface area (Å²) in [4.78, 5) is 4.86. The maximum atomic E-state index is 2.46. The van der Waals surface area contributed by atoms with Gasteiger partial charge in [-0.25, -0.2) is 0 Å². The Bertz CT molecular complexity index is 3610. The SMILES string of the molecule is Cc1ccc(N(c2ccc(N(c3ccc(C)cc3)c3cccc4c3-c3ccccc3C43c4ccccc4-c4ccccc43)cc2)c2ccc3c(c2)c2ccccc2n3-c2ccccc2)cc1. The van der Waals surface area contributed by atoms with Gasteiger partial charge in [-0.2, -0.15) is 0 Å². The molecule has 1 heterocycles. The minimum atomic E-state index is -0.430. The van der Waals surface area contributed by atoms with Crippen LogP contribution in [0.1, 0.15) is 33.4 Å². The molecule has 0 saturated carbocycles. The summed E-state index contributed by atoms with van der Waals surface area (Å²) in [6, 6.07) is 87.5. The molecular weight excluding hydrogens is 799 g/mol. The van der Waals surface area contributed by atoms with Gasteiger partial charge in [0.15, 0.2) is 0 Å². The molecule has 3 nitrogen and oxygen atoms in total. The lowest BCUT2D eigenvalue weighted by Gasteiger charge is -2.32. The van der Waals surface area contributed by atoms with Gasteiger partial charge in [0.1, 0.15) is 0 Å². The molecule has 0 radical (unpaired) electrons. The first-order valence-corrected chi connectivity index (χ1v) is 22.9. The first-order valence-electron chi connectivity index (χ1n) is 22.9. The normalized spacial score (nSPS) is 12.8. The fourth-order valence-corrected chi connectivity index (χ4v) is 11.3. The lowest BCUT2D eigenvalue weighted by molar-refractivity contribution is 0.794. The summed E-state index contributed by atoms with van der Waals surface area (Å²) in [7, 11) is 0. The third-order valence-electron chi connectivity index (χ3n) is 14.1. The average molecular weight is 844 g/mol. The molecule has 0 bridgehead atoms. The average Bonchev–Trinajstić information content (AvgIpc) is 3.98. The molecule has 10 aromatic carbocycles. The highest BCUT2D eigenvalue weighted by molar-refractivity contribution is 6.11. The summed E-state index contributed by atoms with van der Waals surface area (Å²) in [5.41, 5.74) is 22.7. The van der Waals surface area contributed by atoms with Crippen molar-refractivity contribution in [2.45, 2.75) is 19.3 Å². The number of hydrogen-bond donors (Lipinski definition) is 0. The van der Waals surface area contributed by atoms with Crippen molar-refractivity contribution in [3.63, 3.8) is 0 Å². The summed E-state index contributed by atoms with van der Waals surface area (Å²) < 4.78 is 2.38. The molecule has 2 aliphatic carbocycles. The van der Waals surface area contributed by atoms with Gasteiger partial charge in [-0.1, -0.05) is 157 Å². The molecule has 2 aliphatic rings. The number of anilines is 6. The van der Waals surface area contributed by atoms with Crippen LogP contribution in [-0.4, -0.2) is 4.57 Å². The molecule has 312 valence electrons. The fraction of sp³-hybridized carbons (Fsp3) is 0.0476. The Kier molecular flexibility index (Phi) is 8.56. The van der Waals surface area contributed by atoms with E-state index in [-0.39, 0.29) is 0 Å². The van der Waals surface area contributed by atoms with Gasteiger partial charge in [0.05, 0.1) is 22.1 Å². The maximum absolute atomic E-state index is 2.46. The van der Waals surface area contributed by atoms with Gasteiger partial charge in [0, 0.05) is 50.5 Å². The molecule has 0 fully saturated rings. The fourth-order valence-electron chi connectivity index (χ4n) is 11.3. The highest BCUT2D eigenvalue weighted by Crippen LogP contribution is 2.64. The van der Waals surface area contributed by atoms with Crippen LogP contribution < -0.4 is 9.80 Å². The second-order valence-corrected chi connectivity index (χ2v) is 17.8. The van der Waals surface area contributed by atoms with Crippen LogP contribution in [0.15, 0.2) is 237 Å². The number of aromatic nitrogens is 1. The predicted octanol–water partition coefficient (Wildman–Crippen LogP) is 16.7. The highest BCUT2D eigenvalue weighted by Gasteiger charge is 2.52. The van der Waals surface area contributed by atoms with Gasteiger partial charge in [-0.05, 0) is 144 Å². The molecule has 0 amide bonds. The molecule has 0 atom stereocenters. The van der Waals surface area contributed by atoms with E-state index in [9.17, 15) is 0 Å². The van der Waals surface area contributed by atoms with Crippen molar-refractivity contribution < 1.29 is 0 Å². The minimum absolute atomic E-state index is 0.430. The van der Waals surface area contributed by atoms with Crippen molar-refractivity contribution in [1.82, 2.24) is 4.57 Å². The monoisotopic (exact) mass is 843 g/mol. The molecule has 3 heteroatoms. The second-order valence-electron chi connectivity index (χ2n) is 17.8. The molecule has 11 aromatic rings. The van der Waals surface area contributed by atoms with E-state index in [1.165, 1.54) is 77.4 Å².